The Morgan fingerprint density at radius 1 is 1.15 bits per heavy atom. The summed E-state index contributed by atoms with van der Waals surface area (Å²) in [5.74, 6) is -0.801. The van der Waals surface area contributed by atoms with E-state index < -0.39 is 28.0 Å². The molecule has 4 heterocycles. The second-order valence-corrected chi connectivity index (χ2v) is 13.9. The number of benzene rings is 1. The zero-order valence-corrected chi connectivity index (χ0v) is 25.7. The van der Waals surface area contributed by atoms with Crippen LogP contribution in [0.1, 0.15) is 30.6 Å². The molecule has 5 rings (SSSR count). The fourth-order valence-electron chi connectivity index (χ4n) is 5.04. The van der Waals surface area contributed by atoms with Crippen LogP contribution in [0, 0.1) is 0 Å². The van der Waals surface area contributed by atoms with Crippen LogP contribution in [-0.2, 0) is 24.4 Å². The Labute approximate surface area is 254 Å². The number of aromatic nitrogens is 1. The molecule has 14 heteroatoms. The second-order valence-electron chi connectivity index (χ2n) is 9.82. The van der Waals surface area contributed by atoms with Gasteiger partial charge in [0, 0.05) is 28.8 Å². The Balaban J connectivity index is 1.20. The van der Waals surface area contributed by atoms with E-state index in [0.29, 0.717) is 58.4 Å². The number of anilines is 1. The van der Waals surface area contributed by atoms with Crippen LogP contribution in [0.15, 0.2) is 52.5 Å². The van der Waals surface area contributed by atoms with Crippen LogP contribution < -0.4 is 10.0 Å². The minimum atomic E-state index is -3.91. The van der Waals surface area contributed by atoms with Crippen molar-refractivity contribution in [3.05, 3.63) is 61.7 Å². The number of thiophene rings is 1. The van der Waals surface area contributed by atoms with Crippen LogP contribution in [0.3, 0.4) is 0 Å². The average Bonchev–Trinajstić information content (AvgIpc) is 3.59. The quantitative estimate of drug-likeness (QED) is 0.343. The van der Waals surface area contributed by atoms with E-state index in [1.807, 2.05) is 24.3 Å². The molecule has 2 aliphatic heterocycles. The molecule has 3 aromatic rings. The minimum absolute atomic E-state index is 0.232. The summed E-state index contributed by atoms with van der Waals surface area (Å²) in [6.07, 6.45) is 3.41. The highest BCUT2D eigenvalue weighted by Crippen LogP contribution is 2.26. The molecule has 2 saturated heterocycles. The summed E-state index contributed by atoms with van der Waals surface area (Å²) in [4.78, 5) is 47.5. The number of amides is 3. The summed E-state index contributed by atoms with van der Waals surface area (Å²) in [5, 5.41) is 5.65. The number of piperidine rings is 1. The van der Waals surface area contributed by atoms with Gasteiger partial charge in [-0.1, -0.05) is 35.9 Å². The topological polar surface area (TPSA) is 129 Å². The molecule has 2 atom stereocenters. The predicted molar refractivity (Wildman–Crippen MR) is 163 cm³/mol. The fraction of sp³-hybridized carbons (Fsp3) is 0.333. The van der Waals surface area contributed by atoms with Crippen LogP contribution in [0.25, 0.3) is 16.8 Å². The smallest absolute Gasteiger partial charge is 0.248 e. The van der Waals surface area contributed by atoms with E-state index in [0.717, 1.165) is 16.2 Å². The molecule has 2 aliphatic rings. The molecular weight excluding hydrogens is 654 g/mol. The van der Waals surface area contributed by atoms with E-state index in [-0.39, 0.29) is 18.4 Å². The summed E-state index contributed by atoms with van der Waals surface area (Å²) in [6.45, 7) is 0.484. The molecule has 0 unspecified atom stereocenters. The average molecular weight is 681 g/mol. The van der Waals surface area contributed by atoms with Crippen molar-refractivity contribution >= 4 is 89.3 Å². The molecule has 41 heavy (non-hydrogen) atoms. The lowest BCUT2D eigenvalue weighted by atomic mass is 10.1. The van der Waals surface area contributed by atoms with Crippen LogP contribution in [0.5, 0.6) is 0 Å². The van der Waals surface area contributed by atoms with Gasteiger partial charge in [-0.3, -0.25) is 14.4 Å². The normalized spacial score (nSPS) is 19.8. The Bertz CT molecular complexity index is 1630. The van der Waals surface area contributed by atoms with Crippen LogP contribution >= 0.6 is 38.9 Å². The summed E-state index contributed by atoms with van der Waals surface area (Å²) in [5.41, 5.74) is 0. The summed E-state index contributed by atoms with van der Waals surface area (Å²) in [6, 6.07) is 11.1. The first-order chi connectivity index (χ1) is 19.6. The number of hydrogen-bond acceptors (Lipinski definition) is 7. The number of carbonyl (C=O) groups excluding carboxylic acids is 3. The largest absolute Gasteiger partial charge is 0.332 e. The number of fused-ring (bicyclic) bond motifs is 1. The lowest BCUT2D eigenvalue weighted by Crippen LogP contribution is -2.55. The first-order valence-electron chi connectivity index (χ1n) is 13.0. The number of sulfonamides is 1. The van der Waals surface area contributed by atoms with Crippen molar-refractivity contribution < 1.29 is 22.8 Å². The highest BCUT2D eigenvalue weighted by molar-refractivity contribution is 9.10. The molecule has 0 saturated carbocycles. The van der Waals surface area contributed by atoms with E-state index in [1.54, 1.807) is 18.2 Å². The van der Waals surface area contributed by atoms with Gasteiger partial charge >= 0.3 is 0 Å². The third-order valence-electron chi connectivity index (χ3n) is 6.99. The SMILES string of the molecule is O=C(Nc1cc2ccccc2c(Br)n1)[C@@H]1CCCN1C(=O)CN1CCC[C@H](NS(=O)(=O)C=Cc2ccc(Cl)s2)C1=O. The first-order valence-corrected chi connectivity index (χ1v) is 16.5. The molecule has 0 bridgehead atoms. The highest BCUT2D eigenvalue weighted by Gasteiger charge is 2.37. The first kappa shape index (κ1) is 29.6. The molecule has 10 nitrogen and oxygen atoms in total. The maximum absolute atomic E-state index is 13.3. The third kappa shape index (κ3) is 7.15. The van der Waals surface area contributed by atoms with E-state index in [1.165, 1.54) is 27.2 Å². The molecule has 2 fully saturated rings. The molecule has 0 spiro atoms. The Morgan fingerprint density at radius 3 is 2.71 bits per heavy atom. The molecule has 0 radical (unpaired) electrons. The lowest BCUT2D eigenvalue weighted by molar-refractivity contribution is -0.144. The van der Waals surface area contributed by atoms with Crippen molar-refractivity contribution in [1.29, 1.82) is 0 Å². The van der Waals surface area contributed by atoms with Crippen LogP contribution in [0.2, 0.25) is 4.34 Å². The number of pyridine rings is 1. The van der Waals surface area contributed by atoms with E-state index in [9.17, 15) is 22.8 Å². The highest BCUT2D eigenvalue weighted by atomic mass is 79.9. The molecule has 216 valence electrons. The molecule has 1 aromatic carbocycles. The van der Waals surface area contributed by atoms with Crippen molar-refractivity contribution in [2.75, 3.05) is 25.0 Å². The molecule has 2 N–H and O–H groups in total. The van der Waals surface area contributed by atoms with E-state index in [2.05, 4.69) is 31.0 Å². The van der Waals surface area contributed by atoms with Crippen molar-refractivity contribution in [2.24, 2.45) is 0 Å². The zero-order chi connectivity index (χ0) is 29.1. The van der Waals surface area contributed by atoms with Gasteiger partial charge < -0.3 is 15.1 Å². The van der Waals surface area contributed by atoms with Gasteiger partial charge in [0.2, 0.25) is 27.7 Å². The van der Waals surface area contributed by atoms with Gasteiger partial charge in [0.15, 0.2) is 0 Å². The maximum Gasteiger partial charge on any atom is 0.248 e. The zero-order valence-electron chi connectivity index (χ0n) is 21.8. The van der Waals surface area contributed by atoms with Gasteiger partial charge in [0.25, 0.3) is 0 Å². The number of nitrogens with one attached hydrogen (secondary N) is 2. The number of likely N-dealkylation sites (tertiary alicyclic amines) is 2. The molecule has 3 amide bonds. The van der Waals surface area contributed by atoms with Gasteiger partial charge in [0.05, 0.1) is 10.9 Å². The Kier molecular flexibility index (Phi) is 9.09. The molecule has 0 aliphatic carbocycles. The Hall–Kier alpha value is -2.84. The second kappa shape index (κ2) is 12.6. The minimum Gasteiger partial charge on any atom is -0.332 e. The van der Waals surface area contributed by atoms with Crippen molar-refractivity contribution in [3.8, 4) is 0 Å². The maximum atomic E-state index is 13.3. The summed E-state index contributed by atoms with van der Waals surface area (Å²) >= 11 is 10.6. The van der Waals surface area contributed by atoms with Gasteiger partial charge in [-0.15, -0.1) is 11.3 Å². The third-order valence-corrected chi connectivity index (χ3v) is 9.90. The Morgan fingerprint density at radius 2 is 1.93 bits per heavy atom. The number of carbonyl (C=O) groups is 3. The number of rotatable bonds is 8. The number of nitrogens with zero attached hydrogens (tertiary/aromatic N) is 3. The van der Waals surface area contributed by atoms with Gasteiger partial charge in [-0.25, -0.2) is 13.4 Å². The lowest BCUT2D eigenvalue weighted by Gasteiger charge is -2.33. The number of hydrogen-bond donors (Lipinski definition) is 2. The predicted octanol–water partition coefficient (Wildman–Crippen LogP) is 4.22. The van der Waals surface area contributed by atoms with Crippen molar-refractivity contribution in [3.63, 3.8) is 0 Å². The standard InChI is InChI=1S/C27H27BrClN5O5S2/c28-25-19-6-2-1-5-17(19)15-23(30-25)31-26(36)21-8-4-13-34(21)24(35)16-33-12-3-7-20(27(33)37)32-41(38,39)14-11-18-9-10-22(29)40-18/h1-2,5-6,9-11,14-15,20-21,32H,3-4,7-8,12-13,16H2,(H,30,31,36)/t20-,21-/m0/s1. The summed E-state index contributed by atoms with van der Waals surface area (Å²) < 4.78 is 28.8. The summed E-state index contributed by atoms with van der Waals surface area (Å²) in [7, 11) is -3.91. The van der Waals surface area contributed by atoms with Crippen LogP contribution in [-0.4, -0.2) is 72.6 Å². The van der Waals surface area contributed by atoms with Gasteiger partial charge in [-0.05, 0) is 71.3 Å². The van der Waals surface area contributed by atoms with Crippen molar-refractivity contribution in [2.45, 2.75) is 37.8 Å². The monoisotopic (exact) mass is 679 g/mol. The number of halogens is 2. The fourth-order valence-corrected chi connectivity index (χ4v) is 7.66. The van der Waals surface area contributed by atoms with Crippen LogP contribution in [0.4, 0.5) is 5.82 Å². The molecular formula is C27H27BrClN5O5S2. The van der Waals surface area contributed by atoms with Gasteiger partial charge in [-0.2, -0.15) is 4.72 Å². The van der Waals surface area contributed by atoms with Crippen molar-refractivity contribution in [1.82, 2.24) is 19.5 Å². The molecule has 2 aromatic heterocycles. The van der Waals surface area contributed by atoms with E-state index >= 15 is 0 Å². The van der Waals surface area contributed by atoms with Gasteiger partial charge in [0.1, 0.15) is 22.5 Å². The van der Waals surface area contributed by atoms with E-state index in [4.69, 9.17) is 11.6 Å².